The van der Waals surface area contributed by atoms with Gasteiger partial charge in [0.15, 0.2) is 5.96 Å². The average Bonchev–Trinajstić information content (AvgIpc) is 2.91. The fraction of sp³-hybridized carbons (Fsp3) is 0.312. The highest BCUT2D eigenvalue weighted by Gasteiger charge is 2.02. The molecule has 0 atom stereocenters. The van der Waals surface area contributed by atoms with E-state index in [4.69, 9.17) is 0 Å². The number of guanidine groups is 1. The van der Waals surface area contributed by atoms with E-state index >= 15 is 0 Å². The van der Waals surface area contributed by atoms with E-state index < -0.39 is 0 Å². The van der Waals surface area contributed by atoms with Gasteiger partial charge in [-0.3, -0.25) is 0 Å². The summed E-state index contributed by atoms with van der Waals surface area (Å²) in [4.78, 5) is 4.53. The number of rotatable bonds is 5. The molecule has 6 heteroatoms. The molecule has 0 aliphatic rings. The number of benzene rings is 1. The number of nitrogens with zero attached hydrogens (tertiary/aromatic N) is 2. The zero-order valence-electron chi connectivity index (χ0n) is 12.7. The van der Waals surface area contributed by atoms with Crippen LogP contribution in [0.2, 0.25) is 0 Å². The van der Waals surface area contributed by atoms with E-state index in [0.29, 0.717) is 17.6 Å². The number of hydrogen-bond acceptors (Lipinski definition) is 1. The normalized spacial score (nSPS) is 11.5. The van der Waals surface area contributed by atoms with Crippen LogP contribution in [0.25, 0.3) is 0 Å². The number of aryl methyl sites for hydroxylation is 1. The van der Waals surface area contributed by atoms with Crippen LogP contribution in [0.3, 0.4) is 0 Å². The highest BCUT2D eigenvalue weighted by atomic mass is 79.9. The largest absolute Gasteiger partial charge is 0.357 e. The summed E-state index contributed by atoms with van der Waals surface area (Å²) in [7, 11) is 1.98. The number of aromatic nitrogens is 1. The average molecular weight is 367 g/mol. The van der Waals surface area contributed by atoms with Gasteiger partial charge in [0, 0.05) is 32.5 Å². The maximum atomic E-state index is 13.5. The van der Waals surface area contributed by atoms with Crippen molar-refractivity contribution in [3.8, 4) is 0 Å². The predicted molar refractivity (Wildman–Crippen MR) is 91.2 cm³/mol. The van der Waals surface area contributed by atoms with Crippen molar-refractivity contribution in [2.45, 2.75) is 20.0 Å². The Balaban J connectivity index is 1.97. The Morgan fingerprint density at radius 2 is 2.09 bits per heavy atom. The SMILES string of the molecule is CCNC(=NCc1ccn(C)c1)NCc1ccc(Br)c(F)c1. The van der Waals surface area contributed by atoms with Gasteiger partial charge < -0.3 is 15.2 Å². The van der Waals surface area contributed by atoms with Crippen molar-refractivity contribution in [2.75, 3.05) is 6.54 Å². The van der Waals surface area contributed by atoms with E-state index in [1.54, 1.807) is 6.07 Å². The van der Waals surface area contributed by atoms with Crippen molar-refractivity contribution in [3.05, 3.63) is 58.1 Å². The summed E-state index contributed by atoms with van der Waals surface area (Å²) in [5.41, 5.74) is 2.01. The summed E-state index contributed by atoms with van der Waals surface area (Å²) in [5, 5.41) is 6.40. The molecule has 0 bridgehead atoms. The fourth-order valence-corrected chi connectivity index (χ4v) is 2.25. The molecule has 1 aromatic heterocycles. The molecule has 0 unspecified atom stereocenters. The molecule has 22 heavy (non-hydrogen) atoms. The zero-order valence-corrected chi connectivity index (χ0v) is 14.3. The number of nitrogens with one attached hydrogen (secondary N) is 2. The van der Waals surface area contributed by atoms with Gasteiger partial charge in [0.1, 0.15) is 5.82 Å². The standard InChI is InChI=1S/C16H20BrFN4/c1-3-19-16(21-10-13-6-7-22(2)11-13)20-9-12-4-5-14(17)15(18)8-12/h4-8,11H,3,9-10H2,1-2H3,(H2,19,20,21). The smallest absolute Gasteiger partial charge is 0.191 e. The molecule has 2 rings (SSSR count). The van der Waals surface area contributed by atoms with Gasteiger partial charge in [-0.05, 0) is 52.2 Å². The molecule has 0 aliphatic carbocycles. The van der Waals surface area contributed by atoms with Crippen molar-refractivity contribution < 1.29 is 4.39 Å². The Bertz CT molecular complexity index is 651. The quantitative estimate of drug-likeness (QED) is 0.630. The Labute approximate surface area is 138 Å². The highest BCUT2D eigenvalue weighted by molar-refractivity contribution is 9.10. The van der Waals surface area contributed by atoms with E-state index in [0.717, 1.165) is 23.6 Å². The van der Waals surface area contributed by atoms with Gasteiger partial charge in [-0.15, -0.1) is 0 Å². The zero-order chi connectivity index (χ0) is 15.9. The van der Waals surface area contributed by atoms with E-state index in [1.165, 1.54) is 6.07 Å². The maximum absolute atomic E-state index is 13.5. The molecule has 0 saturated carbocycles. The van der Waals surface area contributed by atoms with Crippen LogP contribution in [0.5, 0.6) is 0 Å². The van der Waals surface area contributed by atoms with Crippen LogP contribution >= 0.6 is 15.9 Å². The molecule has 0 fully saturated rings. The number of hydrogen-bond donors (Lipinski definition) is 2. The Morgan fingerprint density at radius 3 is 2.73 bits per heavy atom. The second-order valence-electron chi connectivity index (χ2n) is 4.98. The number of halogens is 2. The monoisotopic (exact) mass is 366 g/mol. The van der Waals surface area contributed by atoms with Gasteiger partial charge in [0.05, 0.1) is 11.0 Å². The molecular weight excluding hydrogens is 347 g/mol. The summed E-state index contributed by atoms with van der Waals surface area (Å²) < 4.78 is 16.0. The summed E-state index contributed by atoms with van der Waals surface area (Å²) >= 11 is 3.15. The van der Waals surface area contributed by atoms with Crippen molar-refractivity contribution in [1.29, 1.82) is 0 Å². The summed E-state index contributed by atoms with van der Waals surface area (Å²) in [6, 6.07) is 7.14. The van der Waals surface area contributed by atoms with E-state index in [2.05, 4.69) is 31.6 Å². The molecular formula is C16H20BrFN4. The molecule has 0 amide bonds. The van der Waals surface area contributed by atoms with Crippen molar-refractivity contribution in [3.63, 3.8) is 0 Å². The molecule has 118 valence electrons. The minimum Gasteiger partial charge on any atom is -0.357 e. The molecule has 2 aromatic rings. The second kappa shape index (κ2) is 7.98. The third-order valence-electron chi connectivity index (χ3n) is 3.10. The Hall–Kier alpha value is -1.82. The first-order valence-corrected chi connectivity index (χ1v) is 7.94. The van der Waals surface area contributed by atoms with Gasteiger partial charge in [-0.1, -0.05) is 6.07 Å². The molecule has 1 heterocycles. The van der Waals surface area contributed by atoms with Crippen molar-refractivity contribution in [1.82, 2.24) is 15.2 Å². The highest BCUT2D eigenvalue weighted by Crippen LogP contribution is 2.16. The van der Waals surface area contributed by atoms with E-state index in [-0.39, 0.29) is 5.82 Å². The lowest BCUT2D eigenvalue weighted by Crippen LogP contribution is -2.36. The molecule has 1 aromatic carbocycles. The van der Waals surface area contributed by atoms with Crippen LogP contribution in [0.4, 0.5) is 4.39 Å². The molecule has 0 aliphatic heterocycles. The first kappa shape index (κ1) is 16.5. The van der Waals surface area contributed by atoms with Gasteiger partial charge in [-0.25, -0.2) is 9.38 Å². The van der Waals surface area contributed by atoms with Gasteiger partial charge in [0.25, 0.3) is 0 Å². The summed E-state index contributed by atoms with van der Waals surface area (Å²) in [6.07, 6.45) is 4.03. The Morgan fingerprint density at radius 1 is 1.27 bits per heavy atom. The summed E-state index contributed by atoms with van der Waals surface area (Å²) in [6.45, 7) is 3.91. The van der Waals surface area contributed by atoms with Crippen molar-refractivity contribution in [2.24, 2.45) is 12.0 Å². The lowest BCUT2D eigenvalue weighted by atomic mass is 10.2. The maximum Gasteiger partial charge on any atom is 0.191 e. The van der Waals surface area contributed by atoms with Crippen molar-refractivity contribution >= 4 is 21.9 Å². The fourth-order valence-electron chi connectivity index (χ4n) is 2.00. The molecule has 0 spiro atoms. The lowest BCUT2D eigenvalue weighted by Gasteiger charge is -2.11. The minimum absolute atomic E-state index is 0.259. The van der Waals surface area contributed by atoms with Gasteiger partial charge in [-0.2, -0.15) is 0 Å². The van der Waals surface area contributed by atoms with E-state index in [1.807, 2.05) is 43.1 Å². The molecule has 0 saturated heterocycles. The number of aliphatic imine (C=N–C) groups is 1. The summed E-state index contributed by atoms with van der Waals surface area (Å²) in [5.74, 6) is 0.459. The van der Waals surface area contributed by atoms with Crippen LogP contribution in [-0.2, 0) is 20.1 Å². The minimum atomic E-state index is -0.259. The second-order valence-corrected chi connectivity index (χ2v) is 5.84. The van der Waals surface area contributed by atoms with E-state index in [9.17, 15) is 4.39 Å². The van der Waals surface area contributed by atoms with Crippen LogP contribution in [0, 0.1) is 5.82 Å². The van der Waals surface area contributed by atoms with Crippen LogP contribution in [0.1, 0.15) is 18.1 Å². The first-order chi connectivity index (χ1) is 10.6. The first-order valence-electron chi connectivity index (χ1n) is 7.15. The van der Waals surface area contributed by atoms with Crippen LogP contribution in [-0.4, -0.2) is 17.1 Å². The van der Waals surface area contributed by atoms with Crippen LogP contribution in [0.15, 0.2) is 46.1 Å². The topological polar surface area (TPSA) is 41.4 Å². The third kappa shape index (κ3) is 4.87. The Kier molecular flexibility index (Phi) is 6.00. The third-order valence-corrected chi connectivity index (χ3v) is 3.74. The van der Waals surface area contributed by atoms with Gasteiger partial charge >= 0.3 is 0 Å². The van der Waals surface area contributed by atoms with Gasteiger partial charge in [0.2, 0.25) is 0 Å². The lowest BCUT2D eigenvalue weighted by molar-refractivity contribution is 0.617. The molecule has 0 radical (unpaired) electrons. The molecule has 2 N–H and O–H groups in total. The van der Waals surface area contributed by atoms with Crippen LogP contribution < -0.4 is 10.6 Å². The molecule has 4 nitrogen and oxygen atoms in total. The predicted octanol–water partition coefficient (Wildman–Crippen LogP) is 3.18.